The predicted molar refractivity (Wildman–Crippen MR) is 76.5 cm³/mol. The van der Waals surface area contributed by atoms with Crippen molar-refractivity contribution in [2.24, 2.45) is 5.92 Å². The molecular formula is C15H19NO2S. The normalized spacial score (nSPS) is 27.2. The summed E-state index contributed by atoms with van der Waals surface area (Å²) >= 11 is 1.94. The third kappa shape index (κ3) is 2.79. The van der Waals surface area contributed by atoms with Crippen LogP contribution in [0.2, 0.25) is 0 Å². The van der Waals surface area contributed by atoms with Gasteiger partial charge < -0.3 is 5.11 Å². The van der Waals surface area contributed by atoms with Crippen LogP contribution in [0.5, 0.6) is 0 Å². The fourth-order valence-electron chi connectivity index (χ4n) is 3.26. The van der Waals surface area contributed by atoms with Crippen LogP contribution in [0.15, 0.2) is 29.2 Å². The van der Waals surface area contributed by atoms with Gasteiger partial charge in [0, 0.05) is 23.9 Å². The van der Waals surface area contributed by atoms with E-state index in [1.165, 1.54) is 22.6 Å². The Morgan fingerprint density at radius 3 is 3.05 bits per heavy atom. The summed E-state index contributed by atoms with van der Waals surface area (Å²) in [5.41, 5.74) is 1.44. The Hall–Kier alpha value is -1.00. The molecule has 2 aliphatic rings. The van der Waals surface area contributed by atoms with E-state index >= 15 is 0 Å². The first-order chi connectivity index (χ1) is 9.24. The second-order valence-corrected chi connectivity index (χ2v) is 6.58. The maximum Gasteiger partial charge on any atom is 0.303 e. The van der Waals surface area contributed by atoms with E-state index in [0.717, 1.165) is 19.5 Å². The standard InChI is InChI=1S/C15H19NO2S/c17-15(18)9-11-5-7-16(10-11)13-6-8-19-14-4-2-1-3-12(13)14/h1-4,11,13H,5-10H2,(H,17,18). The smallest absolute Gasteiger partial charge is 0.303 e. The fraction of sp³-hybridized carbons (Fsp3) is 0.533. The lowest BCUT2D eigenvalue weighted by molar-refractivity contribution is -0.138. The number of fused-ring (bicyclic) bond motifs is 1. The van der Waals surface area contributed by atoms with E-state index < -0.39 is 5.97 Å². The minimum atomic E-state index is -0.661. The SMILES string of the molecule is O=C(O)CC1CCN(C2CCSc3ccccc32)C1. The summed E-state index contributed by atoms with van der Waals surface area (Å²) < 4.78 is 0. The Bertz CT molecular complexity index is 477. The summed E-state index contributed by atoms with van der Waals surface area (Å²) in [5.74, 6) is 0.840. The molecule has 3 nitrogen and oxygen atoms in total. The lowest BCUT2D eigenvalue weighted by Crippen LogP contribution is -2.29. The lowest BCUT2D eigenvalue weighted by Gasteiger charge is -2.32. The van der Waals surface area contributed by atoms with Crippen LogP contribution in [0.3, 0.4) is 0 Å². The van der Waals surface area contributed by atoms with E-state index in [2.05, 4.69) is 29.2 Å². The van der Waals surface area contributed by atoms with E-state index in [1.807, 2.05) is 11.8 Å². The molecular weight excluding hydrogens is 258 g/mol. The molecule has 1 saturated heterocycles. The molecule has 0 aromatic heterocycles. The Morgan fingerprint density at radius 1 is 1.37 bits per heavy atom. The lowest BCUT2D eigenvalue weighted by atomic mass is 10.0. The van der Waals surface area contributed by atoms with E-state index in [4.69, 9.17) is 5.11 Å². The molecule has 0 amide bonds. The Morgan fingerprint density at radius 2 is 2.21 bits per heavy atom. The quantitative estimate of drug-likeness (QED) is 0.922. The minimum Gasteiger partial charge on any atom is -0.481 e. The van der Waals surface area contributed by atoms with Gasteiger partial charge in [0.25, 0.3) is 0 Å². The third-order valence-corrected chi connectivity index (χ3v) is 5.27. The molecule has 1 aromatic rings. The molecule has 0 bridgehead atoms. The zero-order chi connectivity index (χ0) is 13.2. The number of aliphatic carboxylic acids is 1. The van der Waals surface area contributed by atoms with Gasteiger partial charge in [-0.1, -0.05) is 18.2 Å². The van der Waals surface area contributed by atoms with E-state index in [0.29, 0.717) is 18.4 Å². The molecule has 1 fully saturated rings. The van der Waals surface area contributed by atoms with Crippen molar-refractivity contribution in [1.29, 1.82) is 0 Å². The number of carbonyl (C=O) groups is 1. The molecule has 0 radical (unpaired) electrons. The van der Waals surface area contributed by atoms with Gasteiger partial charge in [0.05, 0.1) is 0 Å². The van der Waals surface area contributed by atoms with Gasteiger partial charge in [0.15, 0.2) is 0 Å². The average molecular weight is 277 g/mol. The van der Waals surface area contributed by atoms with Crippen molar-refractivity contribution in [3.05, 3.63) is 29.8 Å². The van der Waals surface area contributed by atoms with Crippen molar-refractivity contribution in [1.82, 2.24) is 4.90 Å². The number of carboxylic acids is 1. The van der Waals surface area contributed by atoms with E-state index in [9.17, 15) is 4.79 Å². The fourth-order valence-corrected chi connectivity index (χ4v) is 4.37. The Balaban J connectivity index is 1.73. The van der Waals surface area contributed by atoms with Crippen LogP contribution < -0.4 is 0 Å². The van der Waals surface area contributed by atoms with Crippen LogP contribution in [0.4, 0.5) is 0 Å². The minimum absolute atomic E-state index is 0.319. The summed E-state index contributed by atoms with van der Waals surface area (Å²) in [6, 6.07) is 9.15. The number of hydrogen-bond acceptors (Lipinski definition) is 3. The van der Waals surface area contributed by atoms with Crippen molar-refractivity contribution < 1.29 is 9.90 Å². The molecule has 0 aliphatic carbocycles. The van der Waals surface area contributed by atoms with Gasteiger partial charge in [-0.2, -0.15) is 0 Å². The highest BCUT2D eigenvalue weighted by molar-refractivity contribution is 7.99. The van der Waals surface area contributed by atoms with Crippen LogP contribution in [-0.2, 0) is 4.79 Å². The van der Waals surface area contributed by atoms with Crippen molar-refractivity contribution in [2.75, 3.05) is 18.8 Å². The summed E-state index contributed by atoms with van der Waals surface area (Å²) in [7, 11) is 0. The number of thioether (sulfide) groups is 1. The summed E-state index contributed by atoms with van der Waals surface area (Å²) in [6.07, 6.45) is 2.53. The summed E-state index contributed by atoms with van der Waals surface area (Å²) in [4.78, 5) is 14.7. The number of benzene rings is 1. The molecule has 19 heavy (non-hydrogen) atoms. The second-order valence-electron chi connectivity index (χ2n) is 5.44. The van der Waals surface area contributed by atoms with Gasteiger partial charge in [-0.05, 0) is 42.7 Å². The zero-order valence-electron chi connectivity index (χ0n) is 10.9. The highest BCUT2D eigenvalue weighted by atomic mass is 32.2. The van der Waals surface area contributed by atoms with E-state index in [1.54, 1.807) is 0 Å². The van der Waals surface area contributed by atoms with Crippen LogP contribution >= 0.6 is 11.8 Å². The average Bonchev–Trinajstić information content (AvgIpc) is 2.85. The molecule has 1 aromatic carbocycles. The molecule has 2 atom stereocenters. The zero-order valence-corrected chi connectivity index (χ0v) is 11.7. The highest BCUT2D eigenvalue weighted by Crippen LogP contribution is 2.41. The van der Waals surface area contributed by atoms with Crippen LogP contribution in [0.25, 0.3) is 0 Å². The van der Waals surface area contributed by atoms with Gasteiger partial charge in [-0.15, -0.1) is 11.8 Å². The van der Waals surface area contributed by atoms with Gasteiger partial charge in [0.1, 0.15) is 0 Å². The number of likely N-dealkylation sites (tertiary alicyclic amines) is 1. The second kappa shape index (κ2) is 5.55. The molecule has 3 rings (SSSR count). The van der Waals surface area contributed by atoms with Gasteiger partial charge >= 0.3 is 5.97 Å². The number of rotatable bonds is 3. The monoisotopic (exact) mass is 277 g/mol. The molecule has 4 heteroatoms. The Kier molecular flexibility index (Phi) is 3.80. The molecule has 2 unspecified atom stereocenters. The molecule has 1 N–H and O–H groups in total. The number of nitrogens with zero attached hydrogens (tertiary/aromatic N) is 1. The Labute approximate surface area is 118 Å². The molecule has 2 heterocycles. The molecule has 102 valence electrons. The molecule has 2 aliphatic heterocycles. The van der Waals surface area contributed by atoms with Crippen molar-refractivity contribution in [3.8, 4) is 0 Å². The van der Waals surface area contributed by atoms with Gasteiger partial charge in [-0.25, -0.2) is 0 Å². The summed E-state index contributed by atoms with van der Waals surface area (Å²) in [5, 5.41) is 8.91. The molecule has 0 spiro atoms. The van der Waals surface area contributed by atoms with Gasteiger partial charge in [0.2, 0.25) is 0 Å². The maximum absolute atomic E-state index is 10.8. The van der Waals surface area contributed by atoms with Crippen LogP contribution in [-0.4, -0.2) is 34.8 Å². The van der Waals surface area contributed by atoms with Crippen LogP contribution in [0.1, 0.15) is 30.9 Å². The van der Waals surface area contributed by atoms with Gasteiger partial charge in [-0.3, -0.25) is 9.69 Å². The maximum atomic E-state index is 10.8. The van der Waals surface area contributed by atoms with Crippen LogP contribution in [0, 0.1) is 5.92 Å². The summed E-state index contributed by atoms with van der Waals surface area (Å²) in [6.45, 7) is 1.98. The first kappa shape index (κ1) is 13.0. The third-order valence-electron chi connectivity index (χ3n) is 4.15. The van der Waals surface area contributed by atoms with Crippen molar-refractivity contribution in [3.63, 3.8) is 0 Å². The van der Waals surface area contributed by atoms with E-state index in [-0.39, 0.29) is 0 Å². The van der Waals surface area contributed by atoms with Crippen molar-refractivity contribution >= 4 is 17.7 Å². The number of hydrogen-bond donors (Lipinski definition) is 1. The first-order valence-corrected chi connectivity index (χ1v) is 7.90. The largest absolute Gasteiger partial charge is 0.481 e. The predicted octanol–water partition coefficient (Wildman–Crippen LogP) is 3.02. The highest BCUT2D eigenvalue weighted by Gasteiger charge is 2.32. The van der Waals surface area contributed by atoms with Crippen molar-refractivity contribution in [2.45, 2.75) is 30.2 Å². The molecule has 0 saturated carbocycles. The first-order valence-electron chi connectivity index (χ1n) is 6.91. The number of carboxylic acid groups (broad SMARTS) is 1. The topological polar surface area (TPSA) is 40.5 Å².